The van der Waals surface area contributed by atoms with Gasteiger partial charge in [0.05, 0.1) is 5.52 Å². The highest BCUT2D eigenvalue weighted by molar-refractivity contribution is 6.29. The number of fused-ring (bicyclic) bond motifs is 1. The largest absolute Gasteiger partial charge is 0.368 e. The van der Waals surface area contributed by atoms with Gasteiger partial charge >= 0.3 is 0 Å². The first-order valence-corrected chi connectivity index (χ1v) is 9.11. The number of rotatable bonds is 3. The standard InChI is InChI=1S/C20H20ClFN4/c1-14-10-19(17-11-16(22)3-4-18(17)24-14)26-8-6-25(7-9-26)13-15-2-5-20(21)23-12-15/h2-5,10-12H,6-9,13H2,1H3. The van der Waals surface area contributed by atoms with Gasteiger partial charge in [-0.2, -0.15) is 0 Å². The van der Waals surface area contributed by atoms with Gasteiger partial charge in [0.25, 0.3) is 0 Å². The number of halogens is 2. The van der Waals surface area contributed by atoms with E-state index in [1.165, 1.54) is 6.07 Å². The molecule has 4 nitrogen and oxygen atoms in total. The van der Waals surface area contributed by atoms with Crippen LogP contribution in [0.25, 0.3) is 10.9 Å². The second kappa shape index (κ2) is 7.17. The van der Waals surface area contributed by atoms with E-state index in [4.69, 9.17) is 11.6 Å². The summed E-state index contributed by atoms with van der Waals surface area (Å²) in [5.74, 6) is -0.224. The molecule has 0 saturated carbocycles. The fourth-order valence-corrected chi connectivity index (χ4v) is 3.59. The molecule has 0 amide bonds. The second-order valence-corrected chi connectivity index (χ2v) is 7.08. The maximum atomic E-state index is 13.7. The van der Waals surface area contributed by atoms with Crippen molar-refractivity contribution in [1.29, 1.82) is 0 Å². The van der Waals surface area contributed by atoms with Crippen LogP contribution in [0.3, 0.4) is 0 Å². The van der Waals surface area contributed by atoms with Crippen LogP contribution in [-0.2, 0) is 6.54 Å². The summed E-state index contributed by atoms with van der Waals surface area (Å²) >= 11 is 5.85. The van der Waals surface area contributed by atoms with Gasteiger partial charge in [-0.05, 0) is 42.8 Å². The summed E-state index contributed by atoms with van der Waals surface area (Å²) in [5, 5.41) is 1.40. The highest BCUT2D eigenvalue weighted by Gasteiger charge is 2.20. The van der Waals surface area contributed by atoms with Crippen LogP contribution in [0.1, 0.15) is 11.3 Å². The molecule has 1 aliphatic rings. The number of piperazine rings is 1. The van der Waals surface area contributed by atoms with Crippen molar-refractivity contribution in [3.05, 3.63) is 64.8 Å². The molecule has 0 unspecified atom stereocenters. The average molecular weight is 371 g/mol. The maximum Gasteiger partial charge on any atom is 0.129 e. The Balaban J connectivity index is 1.50. The van der Waals surface area contributed by atoms with Crippen LogP contribution in [0.4, 0.5) is 10.1 Å². The minimum Gasteiger partial charge on any atom is -0.368 e. The van der Waals surface area contributed by atoms with Gasteiger partial charge in [-0.15, -0.1) is 0 Å². The van der Waals surface area contributed by atoms with Crippen LogP contribution in [0.15, 0.2) is 42.6 Å². The van der Waals surface area contributed by atoms with Gasteiger partial charge in [0, 0.05) is 55.7 Å². The van der Waals surface area contributed by atoms with Crippen LogP contribution >= 0.6 is 11.6 Å². The lowest BCUT2D eigenvalue weighted by Crippen LogP contribution is -2.46. The summed E-state index contributed by atoms with van der Waals surface area (Å²) in [6, 6.07) is 10.7. The Bertz CT molecular complexity index is 921. The first kappa shape index (κ1) is 17.2. The van der Waals surface area contributed by atoms with E-state index in [1.54, 1.807) is 12.1 Å². The number of nitrogens with zero attached hydrogens (tertiary/aromatic N) is 4. The van der Waals surface area contributed by atoms with Crippen LogP contribution in [0.2, 0.25) is 5.15 Å². The molecule has 0 spiro atoms. The van der Waals surface area contributed by atoms with Crippen molar-refractivity contribution < 1.29 is 4.39 Å². The molecule has 0 bridgehead atoms. The lowest BCUT2D eigenvalue weighted by Gasteiger charge is -2.36. The van der Waals surface area contributed by atoms with E-state index in [-0.39, 0.29) is 5.82 Å². The Morgan fingerprint density at radius 2 is 1.88 bits per heavy atom. The zero-order chi connectivity index (χ0) is 18.1. The predicted octanol–water partition coefficient (Wildman–Crippen LogP) is 4.05. The number of anilines is 1. The van der Waals surface area contributed by atoms with Crippen LogP contribution in [-0.4, -0.2) is 41.0 Å². The van der Waals surface area contributed by atoms with Gasteiger partial charge in [-0.1, -0.05) is 17.7 Å². The normalized spacial score (nSPS) is 15.6. The Labute approximate surface area is 157 Å². The van der Waals surface area contributed by atoms with Crippen LogP contribution < -0.4 is 4.90 Å². The predicted molar refractivity (Wildman–Crippen MR) is 103 cm³/mol. The van der Waals surface area contributed by atoms with E-state index < -0.39 is 0 Å². The molecule has 0 N–H and O–H groups in total. The highest BCUT2D eigenvalue weighted by atomic mass is 35.5. The molecule has 1 aliphatic heterocycles. The Morgan fingerprint density at radius 1 is 1.08 bits per heavy atom. The Hall–Kier alpha value is -2.24. The van der Waals surface area contributed by atoms with E-state index in [0.29, 0.717) is 5.15 Å². The summed E-state index contributed by atoms with van der Waals surface area (Å²) in [6.45, 7) is 6.53. The van der Waals surface area contributed by atoms with E-state index in [0.717, 1.165) is 60.6 Å². The van der Waals surface area contributed by atoms with Crippen molar-refractivity contribution in [1.82, 2.24) is 14.9 Å². The molecule has 0 atom stereocenters. The molecular formula is C20H20ClFN4. The van der Waals surface area contributed by atoms with E-state index in [2.05, 4.69) is 25.8 Å². The van der Waals surface area contributed by atoms with Gasteiger partial charge < -0.3 is 4.90 Å². The molecule has 134 valence electrons. The van der Waals surface area contributed by atoms with E-state index >= 15 is 0 Å². The smallest absolute Gasteiger partial charge is 0.129 e. The molecule has 4 rings (SSSR count). The number of aryl methyl sites for hydroxylation is 1. The maximum absolute atomic E-state index is 13.7. The number of hydrogen-bond acceptors (Lipinski definition) is 4. The summed E-state index contributed by atoms with van der Waals surface area (Å²) in [5.41, 5.74) is 4.03. The van der Waals surface area contributed by atoms with Gasteiger partial charge in [0.2, 0.25) is 0 Å². The third-order valence-corrected chi connectivity index (χ3v) is 5.01. The van der Waals surface area contributed by atoms with Crippen molar-refractivity contribution >= 4 is 28.2 Å². The zero-order valence-electron chi connectivity index (χ0n) is 14.6. The number of aromatic nitrogens is 2. The van der Waals surface area contributed by atoms with Crippen molar-refractivity contribution in [3.63, 3.8) is 0 Å². The first-order chi connectivity index (χ1) is 12.6. The molecule has 0 aliphatic carbocycles. The monoisotopic (exact) mass is 370 g/mol. The van der Waals surface area contributed by atoms with Crippen molar-refractivity contribution in [2.45, 2.75) is 13.5 Å². The van der Waals surface area contributed by atoms with Gasteiger partial charge in [-0.25, -0.2) is 9.37 Å². The van der Waals surface area contributed by atoms with Crippen LogP contribution in [0.5, 0.6) is 0 Å². The quantitative estimate of drug-likeness (QED) is 0.651. The van der Waals surface area contributed by atoms with E-state index in [9.17, 15) is 4.39 Å². The van der Waals surface area contributed by atoms with E-state index in [1.807, 2.05) is 25.3 Å². The first-order valence-electron chi connectivity index (χ1n) is 8.73. The molecule has 1 aromatic carbocycles. The Morgan fingerprint density at radius 3 is 2.62 bits per heavy atom. The Kier molecular flexibility index (Phi) is 4.74. The van der Waals surface area contributed by atoms with Gasteiger partial charge in [-0.3, -0.25) is 9.88 Å². The molecule has 3 heterocycles. The summed E-state index contributed by atoms with van der Waals surface area (Å²) in [6.07, 6.45) is 1.83. The average Bonchev–Trinajstić information content (AvgIpc) is 2.64. The third-order valence-electron chi connectivity index (χ3n) is 4.78. The molecule has 3 aromatic rings. The van der Waals surface area contributed by atoms with Crippen molar-refractivity contribution in [2.24, 2.45) is 0 Å². The second-order valence-electron chi connectivity index (χ2n) is 6.70. The fraction of sp³-hybridized carbons (Fsp3) is 0.300. The summed E-state index contributed by atoms with van der Waals surface area (Å²) in [7, 11) is 0. The lowest BCUT2D eigenvalue weighted by atomic mass is 10.1. The van der Waals surface area contributed by atoms with Gasteiger partial charge in [0.1, 0.15) is 11.0 Å². The molecule has 1 fully saturated rings. The molecule has 6 heteroatoms. The molecule has 26 heavy (non-hydrogen) atoms. The summed E-state index contributed by atoms with van der Waals surface area (Å²) < 4.78 is 13.7. The minimum absolute atomic E-state index is 0.224. The number of hydrogen-bond donors (Lipinski definition) is 0. The topological polar surface area (TPSA) is 32.3 Å². The fourth-order valence-electron chi connectivity index (χ4n) is 3.48. The molecular weight excluding hydrogens is 351 g/mol. The van der Waals surface area contributed by atoms with Crippen LogP contribution in [0, 0.1) is 12.7 Å². The number of pyridine rings is 2. The third kappa shape index (κ3) is 3.64. The van der Waals surface area contributed by atoms with Crippen molar-refractivity contribution in [2.75, 3.05) is 31.1 Å². The SMILES string of the molecule is Cc1cc(N2CCN(Cc3ccc(Cl)nc3)CC2)c2cc(F)ccc2n1. The van der Waals surface area contributed by atoms with Gasteiger partial charge in [0.15, 0.2) is 0 Å². The lowest BCUT2D eigenvalue weighted by molar-refractivity contribution is 0.250. The highest BCUT2D eigenvalue weighted by Crippen LogP contribution is 2.28. The number of benzene rings is 1. The molecule has 0 radical (unpaired) electrons. The summed E-state index contributed by atoms with van der Waals surface area (Å²) in [4.78, 5) is 13.4. The zero-order valence-corrected chi connectivity index (χ0v) is 15.4. The molecule has 2 aromatic heterocycles. The minimum atomic E-state index is -0.224. The van der Waals surface area contributed by atoms with Crippen molar-refractivity contribution in [3.8, 4) is 0 Å². The molecule has 1 saturated heterocycles.